The number of anilines is 1. The molecule has 0 saturated carbocycles. The summed E-state index contributed by atoms with van der Waals surface area (Å²) in [6, 6.07) is 6.01. The molecule has 2 amide bonds. The molecule has 128 valence electrons. The predicted octanol–water partition coefficient (Wildman–Crippen LogP) is 2.01. The summed E-state index contributed by atoms with van der Waals surface area (Å²) in [5, 5.41) is 15.9. The van der Waals surface area contributed by atoms with Gasteiger partial charge in [0.05, 0.1) is 6.17 Å². The van der Waals surface area contributed by atoms with Crippen LogP contribution in [0.25, 0.3) is 0 Å². The van der Waals surface area contributed by atoms with Crippen LogP contribution in [0, 0.1) is 13.8 Å². The Morgan fingerprint density at radius 3 is 2.74 bits per heavy atom. The highest BCUT2D eigenvalue weighted by molar-refractivity contribution is 5.89. The van der Waals surface area contributed by atoms with Gasteiger partial charge in [0.25, 0.3) is 0 Å². The highest BCUT2D eigenvalue weighted by Gasteiger charge is 2.25. The van der Waals surface area contributed by atoms with Crippen molar-refractivity contribution in [3.63, 3.8) is 0 Å². The van der Waals surface area contributed by atoms with Gasteiger partial charge in [-0.3, -0.25) is 10.6 Å². The van der Waals surface area contributed by atoms with Crippen LogP contribution in [0.4, 0.5) is 10.5 Å². The van der Waals surface area contributed by atoms with Crippen molar-refractivity contribution in [2.24, 2.45) is 0 Å². The maximum absolute atomic E-state index is 12.2. The van der Waals surface area contributed by atoms with Crippen molar-refractivity contribution in [2.45, 2.75) is 59.0 Å². The lowest BCUT2D eigenvalue weighted by molar-refractivity contribution is 0.194. The van der Waals surface area contributed by atoms with Gasteiger partial charge in [0.1, 0.15) is 6.29 Å². The molecule has 23 heavy (non-hydrogen) atoms. The van der Waals surface area contributed by atoms with E-state index in [9.17, 15) is 4.79 Å². The van der Waals surface area contributed by atoms with Gasteiger partial charge >= 0.3 is 6.03 Å². The quantitative estimate of drug-likeness (QED) is 0.575. The normalized spacial score (nSPS) is 24.3. The summed E-state index contributed by atoms with van der Waals surface area (Å²) in [5.41, 5.74) is 3.18. The largest absolute Gasteiger partial charge is 0.321 e. The number of rotatable bonds is 5. The van der Waals surface area contributed by atoms with E-state index in [0.717, 1.165) is 30.6 Å². The molecule has 1 saturated heterocycles. The molecule has 0 radical (unpaired) electrons. The summed E-state index contributed by atoms with van der Waals surface area (Å²) in [6.45, 7) is 9.32. The number of urea groups is 1. The Balaban J connectivity index is 1.87. The first-order valence-electron chi connectivity index (χ1n) is 8.38. The summed E-state index contributed by atoms with van der Waals surface area (Å²) in [5.74, 6) is 0. The second kappa shape index (κ2) is 8.29. The van der Waals surface area contributed by atoms with E-state index in [1.807, 2.05) is 25.1 Å². The van der Waals surface area contributed by atoms with Gasteiger partial charge in [-0.05, 0) is 63.4 Å². The lowest BCUT2D eigenvalue weighted by atomic mass is 10.1. The van der Waals surface area contributed by atoms with Gasteiger partial charge in [-0.1, -0.05) is 13.0 Å². The van der Waals surface area contributed by atoms with Gasteiger partial charge in [0.2, 0.25) is 0 Å². The Kier molecular flexibility index (Phi) is 6.38. The van der Waals surface area contributed by atoms with Gasteiger partial charge in [-0.15, -0.1) is 0 Å². The van der Waals surface area contributed by atoms with E-state index in [4.69, 9.17) is 0 Å². The molecule has 1 aromatic carbocycles. The number of hydrogen-bond donors (Lipinski definition) is 5. The van der Waals surface area contributed by atoms with Crippen LogP contribution in [0.1, 0.15) is 37.8 Å². The van der Waals surface area contributed by atoms with Gasteiger partial charge in [-0.2, -0.15) is 0 Å². The van der Waals surface area contributed by atoms with Gasteiger partial charge < -0.3 is 16.0 Å². The fourth-order valence-electron chi connectivity index (χ4n) is 2.69. The van der Waals surface area contributed by atoms with Crippen LogP contribution in [-0.2, 0) is 0 Å². The van der Waals surface area contributed by atoms with E-state index in [-0.39, 0.29) is 18.5 Å². The molecule has 3 unspecified atom stereocenters. The van der Waals surface area contributed by atoms with Crippen molar-refractivity contribution in [2.75, 3.05) is 11.9 Å². The second-order valence-corrected chi connectivity index (χ2v) is 6.31. The van der Waals surface area contributed by atoms with Crippen LogP contribution < -0.4 is 26.6 Å². The Labute approximate surface area is 138 Å². The summed E-state index contributed by atoms with van der Waals surface area (Å²) in [7, 11) is 0. The summed E-state index contributed by atoms with van der Waals surface area (Å²) in [4.78, 5) is 12.2. The number of nitrogens with one attached hydrogen (secondary N) is 5. The first kappa shape index (κ1) is 17.7. The zero-order chi connectivity index (χ0) is 16.8. The molecule has 2 rings (SSSR count). The van der Waals surface area contributed by atoms with Crippen LogP contribution in [0.3, 0.4) is 0 Å². The third-order valence-corrected chi connectivity index (χ3v) is 4.09. The van der Waals surface area contributed by atoms with Crippen LogP contribution in [-0.4, -0.2) is 31.1 Å². The van der Waals surface area contributed by atoms with E-state index in [1.165, 1.54) is 5.56 Å². The Hall–Kier alpha value is -1.63. The van der Waals surface area contributed by atoms with Crippen LogP contribution in [0.15, 0.2) is 18.2 Å². The van der Waals surface area contributed by atoms with Crippen LogP contribution in [0.2, 0.25) is 0 Å². The van der Waals surface area contributed by atoms with Crippen molar-refractivity contribution in [1.29, 1.82) is 0 Å². The molecule has 1 aliphatic heterocycles. The smallest absolute Gasteiger partial charge is 0.310 e. The van der Waals surface area contributed by atoms with Gasteiger partial charge in [-0.25, -0.2) is 4.79 Å². The number of amides is 2. The Morgan fingerprint density at radius 2 is 2.04 bits per heavy atom. The molecule has 0 bridgehead atoms. The number of benzene rings is 1. The zero-order valence-corrected chi connectivity index (χ0v) is 14.5. The lowest BCUT2D eigenvalue weighted by Crippen LogP contribution is -2.67. The van der Waals surface area contributed by atoms with Gasteiger partial charge in [0.15, 0.2) is 0 Å². The summed E-state index contributed by atoms with van der Waals surface area (Å²) >= 11 is 0. The summed E-state index contributed by atoms with van der Waals surface area (Å²) in [6.07, 6.45) is 2.03. The minimum Gasteiger partial charge on any atom is -0.310 e. The first-order chi connectivity index (χ1) is 11.0. The molecule has 1 aliphatic rings. The number of aryl methyl sites for hydroxylation is 2. The van der Waals surface area contributed by atoms with Crippen LogP contribution >= 0.6 is 0 Å². The molecular weight excluding hydrogens is 290 g/mol. The average molecular weight is 319 g/mol. The van der Waals surface area contributed by atoms with E-state index in [2.05, 4.69) is 47.4 Å². The molecule has 3 atom stereocenters. The lowest BCUT2D eigenvalue weighted by Gasteiger charge is -2.36. The fourth-order valence-corrected chi connectivity index (χ4v) is 2.69. The molecule has 0 spiro atoms. The maximum Gasteiger partial charge on any atom is 0.321 e. The molecule has 0 aromatic heterocycles. The van der Waals surface area contributed by atoms with E-state index in [1.54, 1.807) is 0 Å². The van der Waals surface area contributed by atoms with Crippen LogP contribution in [0.5, 0.6) is 0 Å². The van der Waals surface area contributed by atoms with Crippen molar-refractivity contribution in [1.82, 2.24) is 21.3 Å². The Morgan fingerprint density at radius 1 is 1.26 bits per heavy atom. The number of carbonyl (C=O) groups is 1. The molecular formula is C17H29N5O. The van der Waals surface area contributed by atoms with Crippen molar-refractivity contribution >= 4 is 11.7 Å². The predicted molar refractivity (Wildman–Crippen MR) is 94.3 cm³/mol. The third kappa shape index (κ3) is 5.49. The topological polar surface area (TPSA) is 77.2 Å². The molecule has 1 fully saturated rings. The standard InChI is InChI=1S/C17H29N5O/c1-5-8-18-15-10-13(4)19-16(21-15)22-17(23)20-14-7-6-11(2)12(3)9-14/h6-7,9,13,15-16,18-19,21H,5,8,10H2,1-4H3,(H2,20,22,23). The molecule has 5 N–H and O–H groups in total. The van der Waals surface area contributed by atoms with Gasteiger partial charge in [0, 0.05) is 11.7 Å². The van der Waals surface area contributed by atoms with E-state index >= 15 is 0 Å². The van der Waals surface area contributed by atoms with E-state index in [0.29, 0.717) is 6.04 Å². The second-order valence-electron chi connectivity index (χ2n) is 6.31. The highest BCUT2D eigenvalue weighted by atomic mass is 16.2. The molecule has 6 nitrogen and oxygen atoms in total. The van der Waals surface area contributed by atoms with E-state index < -0.39 is 0 Å². The molecule has 1 heterocycles. The average Bonchev–Trinajstić information content (AvgIpc) is 2.48. The molecule has 0 aliphatic carbocycles. The SMILES string of the molecule is CCCNC1CC(C)NC(NC(=O)Nc2ccc(C)c(C)c2)N1. The molecule has 6 heteroatoms. The molecule has 1 aromatic rings. The highest BCUT2D eigenvalue weighted by Crippen LogP contribution is 2.14. The maximum atomic E-state index is 12.2. The third-order valence-electron chi connectivity index (χ3n) is 4.09. The Bertz CT molecular complexity index is 534. The van der Waals surface area contributed by atoms with Crippen molar-refractivity contribution in [3.8, 4) is 0 Å². The van der Waals surface area contributed by atoms with Crippen molar-refractivity contribution in [3.05, 3.63) is 29.3 Å². The van der Waals surface area contributed by atoms with Crippen molar-refractivity contribution < 1.29 is 4.79 Å². The number of hydrogen-bond acceptors (Lipinski definition) is 4. The minimum atomic E-state index is -0.250. The monoisotopic (exact) mass is 319 g/mol. The first-order valence-corrected chi connectivity index (χ1v) is 8.38. The minimum absolute atomic E-state index is 0.207. The fraction of sp³-hybridized carbons (Fsp3) is 0.588. The zero-order valence-electron chi connectivity index (χ0n) is 14.5. The summed E-state index contributed by atoms with van der Waals surface area (Å²) < 4.78 is 0. The number of carbonyl (C=O) groups excluding carboxylic acids is 1.